The summed E-state index contributed by atoms with van der Waals surface area (Å²) >= 11 is 0. The number of hydrogen-bond acceptors (Lipinski definition) is 9. The largest absolute Gasteiger partial charge is 0.459 e. The molecule has 3 fully saturated rings. The molecule has 4 rings (SSSR count). The molecule has 2 amide bonds. The molecule has 252 valence electrons. The first-order valence-electron chi connectivity index (χ1n) is 16.1. The zero-order chi connectivity index (χ0) is 33.4. The topological polar surface area (TPSA) is 162 Å². The number of nitrogens with two attached hydrogens (primary N) is 1. The predicted octanol–water partition coefficient (Wildman–Crippen LogP) is 3.26. The van der Waals surface area contributed by atoms with Crippen LogP contribution in [-0.2, 0) is 39.9 Å². The SMILES string of the molecule is CC(=O)OC(C)/C=C\C(=O)N[C@@H]1C[C@H](C)[C@H](C/C=C(C)/C=C/[C@H]2O[C@H](CC(=O)NCc3cccc(N)c3)C[C@@]3(CO3)[C@@H]2O)O[C@@H]1C. The van der Waals surface area contributed by atoms with Crippen LogP contribution in [0.4, 0.5) is 5.69 Å². The van der Waals surface area contributed by atoms with Crippen molar-refractivity contribution in [3.8, 4) is 0 Å². The van der Waals surface area contributed by atoms with Gasteiger partial charge in [0.05, 0.1) is 37.4 Å². The molecule has 0 aromatic heterocycles. The first-order valence-corrected chi connectivity index (χ1v) is 16.1. The maximum atomic E-state index is 12.7. The van der Waals surface area contributed by atoms with E-state index in [2.05, 4.69) is 23.6 Å². The number of ether oxygens (including phenoxy) is 4. The third-order valence-corrected chi connectivity index (χ3v) is 8.78. The van der Waals surface area contributed by atoms with Crippen LogP contribution in [0.5, 0.6) is 0 Å². The molecule has 11 heteroatoms. The molecule has 3 saturated heterocycles. The number of rotatable bonds is 12. The summed E-state index contributed by atoms with van der Waals surface area (Å²) in [6.45, 7) is 9.90. The first-order chi connectivity index (χ1) is 21.8. The van der Waals surface area contributed by atoms with E-state index >= 15 is 0 Å². The van der Waals surface area contributed by atoms with Gasteiger partial charge in [-0.2, -0.15) is 0 Å². The Kier molecular flexibility index (Phi) is 12.2. The second-order valence-corrected chi connectivity index (χ2v) is 12.9. The van der Waals surface area contributed by atoms with E-state index in [1.165, 1.54) is 13.0 Å². The highest BCUT2D eigenvalue weighted by molar-refractivity contribution is 5.87. The van der Waals surface area contributed by atoms with Crippen LogP contribution < -0.4 is 16.4 Å². The highest BCUT2D eigenvalue weighted by atomic mass is 16.6. The van der Waals surface area contributed by atoms with Gasteiger partial charge < -0.3 is 40.4 Å². The van der Waals surface area contributed by atoms with Crippen molar-refractivity contribution >= 4 is 23.5 Å². The Morgan fingerprint density at radius 3 is 2.65 bits per heavy atom. The van der Waals surface area contributed by atoms with E-state index < -0.39 is 29.9 Å². The average Bonchev–Trinajstić information content (AvgIpc) is 3.76. The van der Waals surface area contributed by atoms with Gasteiger partial charge in [0.25, 0.3) is 0 Å². The zero-order valence-corrected chi connectivity index (χ0v) is 27.4. The van der Waals surface area contributed by atoms with Gasteiger partial charge in [-0.05, 0) is 63.3 Å². The summed E-state index contributed by atoms with van der Waals surface area (Å²) in [5.41, 5.74) is 7.72. The Balaban J connectivity index is 1.25. The molecule has 1 aromatic carbocycles. The smallest absolute Gasteiger partial charge is 0.303 e. The second kappa shape index (κ2) is 15.9. The van der Waals surface area contributed by atoms with Crippen molar-refractivity contribution in [3.05, 3.63) is 65.8 Å². The van der Waals surface area contributed by atoms with Crippen LogP contribution in [0.1, 0.15) is 65.9 Å². The number of aliphatic hydroxyl groups excluding tert-OH is 1. The van der Waals surface area contributed by atoms with Gasteiger partial charge in [-0.15, -0.1) is 0 Å². The standard InChI is InChI=1S/C35H49N3O8/c1-21(9-12-30-22(2)15-29(24(4)45-30)38-32(40)14-11-23(3)44-25(5)39)10-13-31-34(42)35(20-43-35)18-28(46-31)17-33(41)37-19-26-7-6-8-27(36)16-26/h6-11,13-14,16,22-24,28-31,34,42H,12,15,17-20,36H2,1-5H3,(H,37,41)(H,38,40)/b13-10+,14-11-,21-9+/t22-,23?,24+,28+,29+,30-,31+,34+,35+/m0/s1. The van der Waals surface area contributed by atoms with E-state index in [4.69, 9.17) is 24.7 Å². The first kappa shape index (κ1) is 35.3. The molecule has 46 heavy (non-hydrogen) atoms. The fourth-order valence-corrected chi connectivity index (χ4v) is 6.07. The lowest BCUT2D eigenvalue weighted by Gasteiger charge is -2.39. The lowest BCUT2D eigenvalue weighted by Crippen LogP contribution is -2.50. The van der Waals surface area contributed by atoms with Gasteiger partial charge in [-0.25, -0.2) is 0 Å². The maximum Gasteiger partial charge on any atom is 0.303 e. The van der Waals surface area contributed by atoms with Crippen molar-refractivity contribution < 1.29 is 38.4 Å². The van der Waals surface area contributed by atoms with Gasteiger partial charge in [-0.1, -0.05) is 42.9 Å². The number of hydrogen-bond donors (Lipinski definition) is 4. The molecule has 3 heterocycles. The Morgan fingerprint density at radius 1 is 1.20 bits per heavy atom. The molecule has 11 nitrogen and oxygen atoms in total. The molecule has 0 saturated carbocycles. The molecular weight excluding hydrogens is 590 g/mol. The Bertz CT molecular complexity index is 1320. The van der Waals surface area contributed by atoms with E-state index in [0.29, 0.717) is 31.7 Å². The third-order valence-electron chi connectivity index (χ3n) is 8.78. The van der Waals surface area contributed by atoms with E-state index in [1.807, 2.05) is 44.2 Å². The number of anilines is 1. The monoisotopic (exact) mass is 639 g/mol. The molecule has 1 aromatic rings. The highest BCUT2D eigenvalue weighted by Crippen LogP contribution is 2.43. The number of benzene rings is 1. The summed E-state index contributed by atoms with van der Waals surface area (Å²) in [6, 6.07) is 7.25. The molecule has 1 unspecified atom stereocenters. The van der Waals surface area contributed by atoms with Gasteiger partial charge in [0, 0.05) is 31.7 Å². The number of carbonyl (C=O) groups is 3. The van der Waals surface area contributed by atoms with Gasteiger partial charge in [-0.3, -0.25) is 14.4 Å². The normalized spacial score (nSPS) is 32.0. The summed E-state index contributed by atoms with van der Waals surface area (Å²) in [5, 5.41) is 16.9. The van der Waals surface area contributed by atoms with Crippen LogP contribution in [0.3, 0.4) is 0 Å². The summed E-state index contributed by atoms with van der Waals surface area (Å²) in [7, 11) is 0. The average molecular weight is 640 g/mol. The molecule has 1 spiro atoms. The van der Waals surface area contributed by atoms with E-state index in [0.717, 1.165) is 17.6 Å². The number of epoxide rings is 1. The second-order valence-electron chi connectivity index (χ2n) is 12.9. The molecule has 3 aliphatic heterocycles. The van der Waals surface area contributed by atoms with Gasteiger partial charge in [0.2, 0.25) is 11.8 Å². The number of nitrogen functional groups attached to an aromatic ring is 1. The number of aliphatic hydroxyl groups is 1. The van der Waals surface area contributed by atoms with Crippen molar-refractivity contribution in [2.24, 2.45) is 5.92 Å². The minimum Gasteiger partial charge on any atom is -0.459 e. The molecule has 3 aliphatic rings. The van der Waals surface area contributed by atoms with Gasteiger partial charge >= 0.3 is 5.97 Å². The molecule has 9 atom stereocenters. The lowest BCUT2D eigenvalue weighted by molar-refractivity contribution is -0.145. The van der Waals surface area contributed by atoms with E-state index in [9.17, 15) is 19.5 Å². The van der Waals surface area contributed by atoms with E-state index in [1.54, 1.807) is 19.1 Å². The van der Waals surface area contributed by atoms with Crippen molar-refractivity contribution in [2.45, 2.75) is 115 Å². The fourth-order valence-electron chi connectivity index (χ4n) is 6.07. The summed E-state index contributed by atoms with van der Waals surface area (Å²) in [4.78, 5) is 36.2. The Labute approximate surface area is 271 Å². The van der Waals surface area contributed by atoms with Crippen molar-refractivity contribution in [1.29, 1.82) is 0 Å². The lowest BCUT2D eigenvalue weighted by atomic mass is 9.87. The molecule has 0 radical (unpaired) electrons. The van der Waals surface area contributed by atoms with Crippen LogP contribution in [-0.4, -0.2) is 77.8 Å². The van der Waals surface area contributed by atoms with Crippen LogP contribution in [0.25, 0.3) is 0 Å². The number of nitrogens with one attached hydrogen (secondary N) is 2. The minimum atomic E-state index is -0.822. The Hall–Kier alpha value is -3.51. The number of amides is 2. The van der Waals surface area contributed by atoms with Crippen LogP contribution in [0.2, 0.25) is 0 Å². The highest BCUT2D eigenvalue weighted by Gasteiger charge is 2.58. The van der Waals surface area contributed by atoms with Crippen molar-refractivity contribution in [2.75, 3.05) is 12.3 Å². The molecular formula is C35H49N3O8. The van der Waals surface area contributed by atoms with Crippen LogP contribution in [0.15, 0.2) is 60.2 Å². The fraction of sp³-hybridized carbons (Fsp3) is 0.571. The third kappa shape index (κ3) is 10.2. The Morgan fingerprint density at radius 2 is 1.96 bits per heavy atom. The minimum absolute atomic E-state index is 0.0130. The summed E-state index contributed by atoms with van der Waals surface area (Å²) < 4.78 is 23.2. The van der Waals surface area contributed by atoms with Gasteiger partial charge in [0.1, 0.15) is 23.9 Å². The molecule has 0 bridgehead atoms. The number of carbonyl (C=O) groups excluding carboxylic acids is 3. The maximum absolute atomic E-state index is 12.7. The summed E-state index contributed by atoms with van der Waals surface area (Å²) in [6.07, 6.45) is 8.41. The predicted molar refractivity (Wildman–Crippen MR) is 173 cm³/mol. The van der Waals surface area contributed by atoms with Crippen LogP contribution >= 0.6 is 0 Å². The van der Waals surface area contributed by atoms with E-state index in [-0.39, 0.29) is 48.5 Å². The zero-order valence-electron chi connectivity index (χ0n) is 27.4. The van der Waals surface area contributed by atoms with Crippen LogP contribution in [0, 0.1) is 5.92 Å². The van der Waals surface area contributed by atoms with Crippen molar-refractivity contribution in [3.63, 3.8) is 0 Å². The summed E-state index contributed by atoms with van der Waals surface area (Å²) in [5.74, 6) is -0.580. The quantitative estimate of drug-likeness (QED) is 0.0885. The number of esters is 1. The van der Waals surface area contributed by atoms with Crippen molar-refractivity contribution in [1.82, 2.24) is 10.6 Å². The number of allylic oxidation sites excluding steroid dienone is 2. The molecule has 0 aliphatic carbocycles. The molecule has 5 N–H and O–H groups in total. The van der Waals surface area contributed by atoms with Gasteiger partial charge in [0.15, 0.2) is 0 Å².